The molecule has 0 unspecified atom stereocenters. The third kappa shape index (κ3) is 3.49. The van der Waals surface area contributed by atoms with Crippen LogP contribution in [0.1, 0.15) is 36.0 Å². The van der Waals surface area contributed by atoms with Gasteiger partial charge < -0.3 is 0 Å². The van der Waals surface area contributed by atoms with Crippen molar-refractivity contribution in [2.75, 3.05) is 6.26 Å². The van der Waals surface area contributed by atoms with E-state index in [1.807, 2.05) is 0 Å². The van der Waals surface area contributed by atoms with Crippen molar-refractivity contribution in [3.8, 4) is 0 Å². The van der Waals surface area contributed by atoms with Crippen molar-refractivity contribution in [1.29, 1.82) is 0 Å². The molecule has 0 bridgehead atoms. The highest BCUT2D eigenvalue weighted by molar-refractivity contribution is 7.98. The van der Waals surface area contributed by atoms with Gasteiger partial charge in [0.05, 0.1) is 15.9 Å². The highest BCUT2D eigenvalue weighted by Gasteiger charge is 2.20. The topological polar surface area (TPSA) is 81.5 Å². The average molecular weight is 296 g/mol. The standard InChI is InChI=1S/C13H16N2O4S/c1-20-12-7-6-9(8-11(12)15(17)18)13(16)14-19-10-4-2-3-5-10/h6-8,10H,2-5H2,1H3,(H,14,16). The minimum absolute atomic E-state index is 0.0550. The monoisotopic (exact) mass is 296 g/mol. The van der Waals surface area contributed by atoms with E-state index in [0.29, 0.717) is 4.90 Å². The van der Waals surface area contributed by atoms with Gasteiger partial charge in [0, 0.05) is 11.6 Å². The third-order valence-corrected chi connectivity index (χ3v) is 4.04. The molecule has 0 saturated heterocycles. The van der Waals surface area contributed by atoms with E-state index in [4.69, 9.17) is 4.84 Å². The van der Waals surface area contributed by atoms with Crippen LogP contribution in [0.2, 0.25) is 0 Å². The molecule has 1 aliphatic rings. The predicted octanol–water partition coefficient (Wildman–Crippen LogP) is 2.92. The van der Waals surface area contributed by atoms with Gasteiger partial charge in [-0.25, -0.2) is 5.48 Å². The van der Waals surface area contributed by atoms with Crippen molar-refractivity contribution in [2.45, 2.75) is 36.7 Å². The molecule has 20 heavy (non-hydrogen) atoms. The number of rotatable bonds is 5. The van der Waals surface area contributed by atoms with Crippen LogP contribution in [0.5, 0.6) is 0 Å². The number of hydroxylamine groups is 1. The highest BCUT2D eigenvalue weighted by Crippen LogP contribution is 2.28. The first-order valence-corrected chi connectivity index (χ1v) is 7.62. The number of carbonyl (C=O) groups excluding carboxylic acids is 1. The second-order valence-electron chi connectivity index (χ2n) is 4.60. The van der Waals surface area contributed by atoms with Crippen LogP contribution < -0.4 is 5.48 Å². The zero-order valence-electron chi connectivity index (χ0n) is 11.1. The van der Waals surface area contributed by atoms with Crippen LogP contribution in [-0.2, 0) is 4.84 Å². The largest absolute Gasteiger partial charge is 0.283 e. The van der Waals surface area contributed by atoms with E-state index >= 15 is 0 Å². The van der Waals surface area contributed by atoms with Crippen LogP contribution in [0.4, 0.5) is 5.69 Å². The fourth-order valence-electron chi connectivity index (χ4n) is 2.18. The molecule has 0 heterocycles. The Balaban J connectivity index is 2.05. The molecular formula is C13H16N2O4S. The summed E-state index contributed by atoms with van der Waals surface area (Å²) in [7, 11) is 0. The maximum atomic E-state index is 11.9. The summed E-state index contributed by atoms with van der Waals surface area (Å²) in [5.41, 5.74) is 2.54. The molecule has 1 fully saturated rings. The minimum atomic E-state index is -0.486. The maximum absolute atomic E-state index is 11.9. The second kappa shape index (κ2) is 6.71. The smallest absolute Gasteiger partial charge is 0.270 e. The summed E-state index contributed by atoms with van der Waals surface area (Å²) >= 11 is 1.27. The first-order chi connectivity index (χ1) is 9.61. The number of nitro groups is 1. The second-order valence-corrected chi connectivity index (χ2v) is 5.45. The van der Waals surface area contributed by atoms with Crippen LogP contribution in [0.25, 0.3) is 0 Å². The van der Waals surface area contributed by atoms with Gasteiger partial charge >= 0.3 is 0 Å². The Bertz CT molecular complexity index is 515. The lowest BCUT2D eigenvalue weighted by atomic mass is 10.2. The van der Waals surface area contributed by atoms with E-state index in [9.17, 15) is 14.9 Å². The van der Waals surface area contributed by atoms with Gasteiger partial charge in [-0.2, -0.15) is 0 Å². The number of benzene rings is 1. The third-order valence-electron chi connectivity index (χ3n) is 3.26. The van der Waals surface area contributed by atoms with Crippen molar-refractivity contribution in [3.63, 3.8) is 0 Å². The summed E-state index contributed by atoms with van der Waals surface area (Å²) < 4.78 is 0. The molecule has 1 aromatic rings. The van der Waals surface area contributed by atoms with Gasteiger partial charge in [0.2, 0.25) is 0 Å². The number of hydrogen-bond acceptors (Lipinski definition) is 5. The lowest BCUT2D eigenvalue weighted by molar-refractivity contribution is -0.387. The molecule has 0 aliphatic heterocycles. The van der Waals surface area contributed by atoms with E-state index in [1.165, 1.54) is 17.8 Å². The molecule has 1 aliphatic carbocycles. The number of nitro benzene ring substituents is 1. The van der Waals surface area contributed by atoms with Crippen molar-refractivity contribution in [3.05, 3.63) is 33.9 Å². The van der Waals surface area contributed by atoms with E-state index in [-0.39, 0.29) is 17.4 Å². The molecule has 1 saturated carbocycles. The molecule has 0 atom stereocenters. The predicted molar refractivity (Wildman–Crippen MR) is 75.7 cm³/mol. The summed E-state index contributed by atoms with van der Waals surface area (Å²) in [5.74, 6) is -0.451. The Hall–Kier alpha value is -1.60. The normalized spacial score (nSPS) is 15.2. The first kappa shape index (κ1) is 14.8. The van der Waals surface area contributed by atoms with Gasteiger partial charge in [0.25, 0.3) is 11.6 Å². The fourth-order valence-corrected chi connectivity index (χ4v) is 2.72. The lowest BCUT2D eigenvalue weighted by Gasteiger charge is -2.11. The van der Waals surface area contributed by atoms with Gasteiger partial charge in [-0.05, 0) is 31.2 Å². The summed E-state index contributed by atoms with van der Waals surface area (Å²) in [6, 6.07) is 4.42. The van der Waals surface area contributed by atoms with Crippen LogP contribution in [0.3, 0.4) is 0 Å². The molecule has 0 radical (unpaired) electrons. The van der Waals surface area contributed by atoms with Gasteiger partial charge in [0.15, 0.2) is 0 Å². The fraction of sp³-hybridized carbons (Fsp3) is 0.462. The van der Waals surface area contributed by atoms with Crippen molar-refractivity contribution in [2.24, 2.45) is 0 Å². The summed E-state index contributed by atoms with van der Waals surface area (Å²) in [6.07, 6.45) is 5.89. The van der Waals surface area contributed by atoms with E-state index in [2.05, 4.69) is 5.48 Å². The Morgan fingerprint density at radius 2 is 2.15 bits per heavy atom. The average Bonchev–Trinajstić information content (AvgIpc) is 2.97. The van der Waals surface area contributed by atoms with Gasteiger partial charge in [0.1, 0.15) is 0 Å². The zero-order valence-corrected chi connectivity index (χ0v) is 11.9. The van der Waals surface area contributed by atoms with Crippen LogP contribution in [-0.4, -0.2) is 23.2 Å². The molecular weight excluding hydrogens is 280 g/mol. The number of hydrogen-bond donors (Lipinski definition) is 1. The molecule has 0 spiro atoms. The molecule has 7 heteroatoms. The number of nitrogens with one attached hydrogen (secondary N) is 1. The van der Waals surface area contributed by atoms with Gasteiger partial charge in [-0.15, -0.1) is 11.8 Å². The molecule has 1 amide bonds. The molecule has 2 rings (SSSR count). The van der Waals surface area contributed by atoms with Crippen LogP contribution >= 0.6 is 11.8 Å². The van der Waals surface area contributed by atoms with Crippen LogP contribution in [0.15, 0.2) is 23.1 Å². The van der Waals surface area contributed by atoms with Gasteiger partial charge in [-0.1, -0.05) is 12.8 Å². The van der Waals surface area contributed by atoms with Crippen molar-refractivity contribution in [1.82, 2.24) is 5.48 Å². The van der Waals surface area contributed by atoms with E-state index in [1.54, 1.807) is 18.4 Å². The Morgan fingerprint density at radius 1 is 1.45 bits per heavy atom. The first-order valence-electron chi connectivity index (χ1n) is 6.40. The lowest BCUT2D eigenvalue weighted by Crippen LogP contribution is -2.28. The zero-order chi connectivity index (χ0) is 14.5. The highest BCUT2D eigenvalue weighted by atomic mass is 32.2. The number of nitrogens with zero attached hydrogens (tertiary/aromatic N) is 1. The van der Waals surface area contributed by atoms with E-state index in [0.717, 1.165) is 25.7 Å². The van der Waals surface area contributed by atoms with E-state index < -0.39 is 10.8 Å². The van der Waals surface area contributed by atoms with Crippen molar-refractivity contribution < 1.29 is 14.6 Å². The number of thioether (sulfide) groups is 1. The summed E-state index contributed by atoms with van der Waals surface area (Å²) in [6.45, 7) is 0. The van der Waals surface area contributed by atoms with Crippen molar-refractivity contribution >= 4 is 23.4 Å². The van der Waals surface area contributed by atoms with Gasteiger partial charge in [-0.3, -0.25) is 19.7 Å². The quantitative estimate of drug-likeness (QED) is 0.513. The Morgan fingerprint density at radius 3 is 2.75 bits per heavy atom. The molecule has 6 nitrogen and oxygen atoms in total. The molecule has 1 aromatic carbocycles. The minimum Gasteiger partial charge on any atom is -0.270 e. The Kier molecular flexibility index (Phi) is 4.97. The molecule has 108 valence electrons. The molecule has 1 N–H and O–H groups in total. The molecule has 0 aromatic heterocycles. The maximum Gasteiger partial charge on any atom is 0.283 e. The number of carbonyl (C=O) groups is 1. The summed E-state index contributed by atoms with van der Waals surface area (Å²) in [4.78, 5) is 28.2. The Labute approximate surface area is 121 Å². The SMILES string of the molecule is CSc1ccc(C(=O)NOC2CCCC2)cc1[N+](=O)[O-]. The number of amides is 1. The summed E-state index contributed by atoms with van der Waals surface area (Å²) in [5, 5.41) is 11.0. The van der Waals surface area contributed by atoms with Crippen LogP contribution in [0, 0.1) is 10.1 Å².